The average Bonchev–Trinajstić information content (AvgIpc) is 2.36. The minimum absolute atomic E-state index is 0.0296. The number of carbonyl (C=O) groups excluding carboxylic acids is 1. The molecule has 1 amide bonds. The third-order valence-electron chi connectivity index (χ3n) is 2.46. The van der Waals surface area contributed by atoms with E-state index in [0.717, 1.165) is 11.3 Å². The highest BCUT2D eigenvalue weighted by atomic mass is 32.1. The SMILES string of the molecule is CC(C)CNC(=O)CCNc1cnccc1C(N)=S. The molecule has 0 bridgehead atoms. The van der Waals surface area contributed by atoms with E-state index in [1.807, 2.05) is 0 Å². The molecule has 0 atom stereocenters. The van der Waals surface area contributed by atoms with Crippen LogP contribution in [0.15, 0.2) is 18.5 Å². The predicted octanol–water partition coefficient (Wildman–Crippen LogP) is 1.29. The Labute approximate surface area is 119 Å². The quantitative estimate of drug-likeness (QED) is 0.656. The lowest BCUT2D eigenvalue weighted by Gasteiger charge is -2.11. The van der Waals surface area contributed by atoms with Gasteiger partial charge in [-0.3, -0.25) is 9.78 Å². The molecule has 6 heteroatoms. The van der Waals surface area contributed by atoms with Crippen LogP contribution in [0, 0.1) is 5.92 Å². The molecule has 0 spiro atoms. The Kier molecular flexibility index (Phi) is 6.21. The number of carbonyl (C=O) groups is 1. The van der Waals surface area contributed by atoms with Gasteiger partial charge in [-0.2, -0.15) is 0 Å². The van der Waals surface area contributed by atoms with Crippen molar-refractivity contribution in [2.24, 2.45) is 11.7 Å². The van der Waals surface area contributed by atoms with Crippen molar-refractivity contribution in [3.8, 4) is 0 Å². The minimum Gasteiger partial charge on any atom is -0.389 e. The van der Waals surface area contributed by atoms with Crippen molar-refractivity contribution in [1.82, 2.24) is 10.3 Å². The zero-order valence-corrected chi connectivity index (χ0v) is 12.1. The number of hydrogen-bond donors (Lipinski definition) is 3. The van der Waals surface area contributed by atoms with E-state index in [1.165, 1.54) is 0 Å². The zero-order valence-electron chi connectivity index (χ0n) is 11.3. The fourth-order valence-corrected chi connectivity index (χ4v) is 1.65. The summed E-state index contributed by atoms with van der Waals surface area (Å²) in [4.78, 5) is 15.9. The fourth-order valence-electron chi connectivity index (χ4n) is 1.47. The van der Waals surface area contributed by atoms with Gasteiger partial charge in [0.2, 0.25) is 5.91 Å². The Hall–Kier alpha value is -1.69. The first-order valence-corrected chi connectivity index (χ1v) is 6.66. The highest BCUT2D eigenvalue weighted by Gasteiger charge is 2.06. The normalized spacial score (nSPS) is 10.3. The van der Waals surface area contributed by atoms with Crippen molar-refractivity contribution in [1.29, 1.82) is 0 Å². The van der Waals surface area contributed by atoms with Crippen molar-refractivity contribution < 1.29 is 4.79 Å². The van der Waals surface area contributed by atoms with Crippen molar-refractivity contribution in [3.63, 3.8) is 0 Å². The van der Waals surface area contributed by atoms with E-state index in [-0.39, 0.29) is 5.91 Å². The van der Waals surface area contributed by atoms with Crippen LogP contribution in [0.25, 0.3) is 0 Å². The molecule has 0 saturated heterocycles. The highest BCUT2D eigenvalue weighted by Crippen LogP contribution is 2.12. The monoisotopic (exact) mass is 280 g/mol. The third kappa shape index (κ3) is 5.65. The lowest BCUT2D eigenvalue weighted by molar-refractivity contribution is -0.120. The van der Waals surface area contributed by atoms with Crippen LogP contribution in [0.1, 0.15) is 25.8 Å². The maximum Gasteiger partial charge on any atom is 0.221 e. The van der Waals surface area contributed by atoms with Gasteiger partial charge in [0, 0.05) is 31.3 Å². The van der Waals surface area contributed by atoms with Crippen molar-refractivity contribution in [2.75, 3.05) is 18.4 Å². The summed E-state index contributed by atoms with van der Waals surface area (Å²) in [6.07, 6.45) is 3.69. The molecule has 1 aromatic rings. The van der Waals surface area contributed by atoms with Gasteiger partial charge < -0.3 is 16.4 Å². The second kappa shape index (κ2) is 7.68. The van der Waals surface area contributed by atoms with Crippen LogP contribution in [0.4, 0.5) is 5.69 Å². The summed E-state index contributed by atoms with van der Waals surface area (Å²) < 4.78 is 0. The third-order valence-corrected chi connectivity index (χ3v) is 2.68. The first kappa shape index (κ1) is 15.4. The van der Waals surface area contributed by atoms with Crippen LogP contribution in [-0.4, -0.2) is 29.0 Å². The number of rotatable bonds is 7. The second-order valence-electron chi connectivity index (χ2n) is 4.66. The molecule has 0 fully saturated rings. The number of aromatic nitrogens is 1. The summed E-state index contributed by atoms with van der Waals surface area (Å²) in [6, 6.07) is 1.75. The largest absolute Gasteiger partial charge is 0.389 e. The van der Waals surface area contributed by atoms with Crippen LogP contribution in [0.2, 0.25) is 0 Å². The number of amides is 1. The predicted molar refractivity (Wildman–Crippen MR) is 81.1 cm³/mol. The zero-order chi connectivity index (χ0) is 14.3. The topological polar surface area (TPSA) is 80.0 Å². The van der Waals surface area contributed by atoms with Gasteiger partial charge in [0.1, 0.15) is 4.99 Å². The van der Waals surface area contributed by atoms with Gasteiger partial charge in [-0.15, -0.1) is 0 Å². The van der Waals surface area contributed by atoms with Crippen LogP contribution < -0.4 is 16.4 Å². The molecule has 0 aliphatic rings. The summed E-state index contributed by atoms with van der Waals surface area (Å²) in [6.45, 7) is 5.33. The van der Waals surface area contributed by atoms with Gasteiger partial charge in [-0.1, -0.05) is 26.1 Å². The number of thiocarbonyl (C=S) groups is 1. The molecule has 19 heavy (non-hydrogen) atoms. The molecule has 0 saturated carbocycles. The molecule has 1 rings (SSSR count). The Morgan fingerprint density at radius 2 is 2.26 bits per heavy atom. The van der Waals surface area contributed by atoms with Crippen LogP contribution in [-0.2, 0) is 4.79 Å². The van der Waals surface area contributed by atoms with E-state index in [4.69, 9.17) is 18.0 Å². The van der Waals surface area contributed by atoms with Gasteiger partial charge in [-0.25, -0.2) is 0 Å². The van der Waals surface area contributed by atoms with Crippen molar-refractivity contribution in [3.05, 3.63) is 24.0 Å². The van der Waals surface area contributed by atoms with Gasteiger partial charge in [0.25, 0.3) is 0 Å². The molecule has 1 heterocycles. The molecule has 0 radical (unpaired) electrons. The molecule has 0 unspecified atom stereocenters. The molecular formula is C13H20N4OS. The van der Waals surface area contributed by atoms with Gasteiger partial charge in [0.15, 0.2) is 0 Å². The summed E-state index contributed by atoms with van der Waals surface area (Å²) in [7, 11) is 0. The molecule has 0 aromatic carbocycles. The first-order chi connectivity index (χ1) is 9.00. The van der Waals surface area contributed by atoms with E-state index in [2.05, 4.69) is 29.5 Å². The molecule has 1 aromatic heterocycles. The fraction of sp³-hybridized carbons (Fsp3) is 0.462. The summed E-state index contributed by atoms with van der Waals surface area (Å²) in [5.41, 5.74) is 7.11. The number of anilines is 1. The maximum atomic E-state index is 11.5. The van der Waals surface area contributed by atoms with Crippen LogP contribution in [0.3, 0.4) is 0 Å². The number of nitrogens with one attached hydrogen (secondary N) is 2. The number of nitrogens with two attached hydrogens (primary N) is 1. The highest BCUT2D eigenvalue weighted by molar-refractivity contribution is 7.80. The Bertz CT molecular complexity index is 448. The lowest BCUT2D eigenvalue weighted by Crippen LogP contribution is -2.28. The average molecular weight is 280 g/mol. The first-order valence-electron chi connectivity index (χ1n) is 6.25. The smallest absolute Gasteiger partial charge is 0.221 e. The number of pyridine rings is 1. The van der Waals surface area contributed by atoms with Crippen molar-refractivity contribution in [2.45, 2.75) is 20.3 Å². The van der Waals surface area contributed by atoms with E-state index in [0.29, 0.717) is 30.4 Å². The minimum atomic E-state index is 0.0296. The Morgan fingerprint density at radius 3 is 2.89 bits per heavy atom. The van der Waals surface area contributed by atoms with E-state index < -0.39 is 0 Å². The number of nitrogens with zero attached hydrogens (tertiary/aromatic N) is 1. The van der Waals surface area contributed by atoms with E-state index in [9.17, 15) is 4.79 Å². The summed E-state index contributed by atoms with van der Waals surface area (Å²) in [5, 5.41) is 5.98. The molecule has 4 N–H and O–H groups in total. The Morgan fingerprint density at radius 1 is 1.53 bits per heavy atom. The summed E-state index contributed by atoms with van der Waals surface area (Å²) >= 11 is 4.95. The Balaban J connectivity index is 2.41. The summed E-state index contributed by atoms with van der Waals surface area (Å²) in [5.74, 6) is 0.485. The second-order valence-corrected chi connectivity index (χ2v) is 5.10. The lowest BCUT2D eigenvalue weighted by atomic mass is 10.2. The van der Waals surface area contributed by atoms with Gasteiger partial charge in [0.05, 0.1) is 11.9 Å². The van der Waals surface area contributed by atoms with Gasteiger partial charge in [-0.05, 0) is 12.0 Å². The molecule has 5 nitrogen and oxygen atoms in total. The van der Waals surface area contributed by atoms with Crippen LogP contribution >= 0.6 is 12.2 Å². The van der Waals surface area contributed by atoms with Crippen molar-refractivity contribution >= 4 is 28.8 Å². The van der Waals surface area contributed by atoms with Gasteiger partial charge >= 0.3 is 0 Å². The maximum absolute atomic E-state index is 11.5. The molecular weight excluding hydrogens is 260 g/mol. The van der Waals surface area contributed by atoms with Crippen LogP contribution in [0.5, 0.6) is 0 Å². The van der Waals surface area contributed by atoms with E-state index in [1.54, 1.807) is 18.5 Å². The molecule has 0 aliphatic carbocycles. The molecule has 104 valence electrons. The standard InChI is InChI=1S/C13H20N4OS/c1-9(2)7-17-12(18)4-6-16-11-8-15-5-3-10(11)13(14)19/h3,5,8-9,16H,4,6-7H2,1-2H3,(H2,14,19)(H,17,18). The molecule has 0 aliphatic heterocycles. The van der Waals surface area contributed by atoms with E-state index >= 15 is 0 Å². The number of hydrogen-bond acceptors (Lipinski definition) is 4.